The minimum atomic E-state index is -0.493. The molecule has 2 aromatic rings. The van der Waals surface area contributed by atoms with Gasteiger partial charge in [0, 0.05) is 12.4 Å². The number of nitriles is 1. The van der Waals surface area contributed by atoms with Crippen molar-refractivity contribution in [2.75, 3.05) is 0 Å². The lowest BCUT2D eigenvalue weighted by Crippen LogP contribution is -2.22. The molecule has 2 nitrogen and oxygen atoms in total. The monoisotopic (exact) mass is 236 g/mol. The van der Waals surface area contributed by atoms with Gasteiger partial charge in [-0.1, -0.05) is 29.8 Å². The Morgan fingerprint density at radius 2 is 1.94 bits per heavy atom. The molecular weight excluding hydrogens is 220 g/mol. The third-order valence-corrected chi connectivity index (χ3v) is 3.21. The number of nitrogens with zero attached hydrogens (tertiary/aromatic N) is 2. The van der Waals surface area contributed by atoms with Gasteiger partial charge in [0.1, 0.15) is 0 Å². The van der Waals surface area contributed by atoms with Gasteiger partial charge >= 0.3 is 0 Å². The van der Waals surface area contributed by atoms with E-state index in [0.29, 0.717) is 6.42 Å². The molecule has 0 bridgehead atoms. The van der Waals surface area contributed by atoms with Crippen LogP contribution < -0.4 is 0 Å². The van der Waals surface area contributed by atoms with Gasteiger partial charge in [-0.2, -0.15) is 5.26 Å². The first-order valence-corrected chi connectivity index (χ1v) is 6.01. The van der Waals surface area contributed by atoms with E-state index in [0.717, 1.165) is 11.1 Å². The molecule has 1 aromatic carbocycles. The lowest BCUT2D eigenvalue weighted by Gasteiger charge is -2.22. The summed E-state index contributed by atoms with van der Waals surface area (Å²) in [6.45, 7) is 4.04. The molecule has 1 unspecified atom stereocenters. The normalized spacial score (nSPS) is 13.6. The predicted molar refractivity (Wildman–Crippen MR) is 72.1 cm³/mol. The minimum Gasteiger partial charge on any atom is -0.265 e. The smallest absolute Gasteiger partial charge is 0.0834 e. The van der Waals surface area contributed by atoms with Crippen LogP contribution in [-0.2, 0) is 11.8 Å². The standard InChI is InChI=1S/C16H16N2/c1-13-4-3-5-15(10-13)16(2,12-17)11-14-6-8-18-9-7-14/h3-10H,11H2,1-2H3. The maximum atomic E-state index is 9.53. The van der Waals surface area contributed by atoms with Crippen molar-refractivity contribution in [2.24, 2.45) is 0 Å². The van der Waals surface area contributed by atoms with Crippen LogP contribution >= 0.6 is 0 Å². The Kier molecular flexibility index (Phi) is 3.43. The number of rotatable bonds is 3. The lowest BCUT2D eigenvalue weighted by molar-refractivity contribution is 0.605. The molecule has 1 atom stereocenters. The second-order valence-electron chi connectivity index (χ2n) is 4.85. The number of pyridine rings is 1. The third-order valence-electron chi connectivity index (χ3n) is 3.21. The lowest BCUT2D eigenvalue weighted by atomic mass is 9.78. The topological polar surface area (TPSA) is 36.7 Å². The highest BCUT2D eigenvalue weighted by Crippen LogP contribution is 2.27. The van der Waals surface area contributed by atoms with Crippen molar-refractivity contribution < 1.29 is 0 Å². The van der Waals surface area contributed by atoms with Crippen LogP contribution in [0.25, 0.3) is 0 Å². The van der Waals surface area contributed by atoms with Crippen molar-refractivity contribution >= 4 is 0 Å². The molecular formula is C16H16N2. The van der Waals surface area contributed by atoms with Gasteiger partial charge in [0.05, 0.1) is 11.5 Å². The van der Waals surface area contributed by atoms with Crippen molar-refractivity contribution in [3.63, 3.8) is 0 Å². The van der Waals surface area contributed by atoms with Crippen LogP contribution in [-0.4, -0.2) is 4.98 Å². The van der Waals surface area contributed by atoms with E-state index in [4.69, 9.17) is 0 Å². The van der Waals surface area contributed by atoms with Crippen molar-refractivity contribution in [2.45, 2.75) is 25.7 Å². The maximum Gasteiger partial charge on any atom is 0.0834 e. The van der Waals surface area contributed by atoms with E-state index in [1.54, 1.807) is 12.4 Å². The van der Waals surface area contributed by atoms with E-state index in [9.17, 15) is 5.26 Å². The summed E-state index contributed by atoms with van der Waals surface area (Å²) in [6.07, 6.45) is 4.24. The molecule has 0 N–H and O–H groups in total. The van der Waals surface area contributed by atoms with Crippen molar-refractivity contribution in [3.8, 4) is 6.07 Å². The minimum absolute atomic E-state index is 0.493. The molecule has 0 aliphatic carbocycles. The zero-order valence-corrected chi connectivity index (χ0v) is 10.7. The number of aryl methyl sites for hydroxylation is 1. The Bertz CT molecular complexity index is 569. The van der Waals surface area contributed by atoms with Crippen LogP contribution in [0.15, 0.2) is 48.8 Å². The van der Waals surface area contributed by atoms with Crippen LogP contribution in [0, 0.1) is 18.3 Å². The number of hydrogen-bond acceptors (Lipinski definition) is 2. The average Bonchev–Trinajstić information content (AvgIpc) is 2.40. The maximum absolute atomic E-state index is 9.53. The number of benzene rings is 1. The van der Waals surface area contributed by atoms with Gasteiger partial charge in [-0.25, -0.2) is 0 Å². The molecule has 0 saturated carbocycles. The van der Waals surface area contributed by atoms with Crippen LogP contribution in [0.1, 0.15) is 23.6 Å². The average molecular weight is 236 g/mol. The van der Waals surface area contributed by atoms with Crippen LogP contribution in [0.3, 0.4) is 0 Å². The molecule has 90 valence electrons. The summed E-state index contributed by atoms with van der Waals surface area (Å²) in [7, 11) is 0. The molecule has 0 aliphatic rings. The second kappa shape index (κ2) is 5.01. The molecule has 0 fully saturated rings. The molecule has 1 aromatic heterocycles. The van der Waals surface area contributed by atoms with Gasteiger partial charge in [-0.15, -0.1) is 0 Å². The van der Waals surface area contributed by atoms with Gasteiger partial charge in [0.2, 0.25) is 0 Å². The number of hydrogen-bond donors (Lipinski definition) is 0. The molecule has 0 spiro atoms. The first kappa shape index (κ1) is 12.3. The Morgan fingerprint density at radius 1 is 1.22 bits per heavy atom. The van der Waals surface area contributed by atoms with Crippen molar-refractivity contribution in [1.82, 2.24) is 4.98 Å². The summed E-state index contributed by atoms with van der Waals surface area (Å²) in [5, 5.41) is 9.53. The van der Waals surface area contributed by atoms with Crippen LogP contribution in [0.2, 0.25) is 0 Å². The van der Waals surface area contributed by atoms with Gasteiger partial charge < -0.3 is 0 Å². The highest BCUT2D eigenvalue weighted by atomic mass is 14.6. The highest BCUT2D eigenvalue weighted by molar-refractivity contribution is 5.36. The molecule has 0 aliphatic heterocycles. The summed E-state index contributed by atoms with van der Waals surface area (Å²) >= 11 is 0. The fourth-order valence-electron chi connectivity index (χ4n) is 2.10. The Hall–Kier alpha value is -2.14. The molecule has 0 amide bonds. The highest BCUT2D eigenvalue weighted by Gasteiger charge is 2.26. The first-order valence-electron chi connectivity index (χ1n) is 6.01. The molecule has 0 saturated heterocycles. The SMILES string of the molecule is Cc1cccc(C(C)(C#N)Cc2ccncc2)c1. The van der Waals surface area contributed by atoms with E-state index in [1.165, 1.54) is 5.56 Å². The van der Waals surface area contributed by atoms with Crippen LogP contribution in [0.5, 0.6) is 0 Å². The summed E-state index contributed by atoms with van der Waals surface area (Å²) in [5.74, 6) is 0. The Morgan fingerprint density at radius 3 is 2.56 bits per heavy atom. The van der Waals surface area contributed by atoms with Crippen LogP contribution in [0.4, 0.5) is 0 Å². The molecule has 2 rings (SSSR count). The summed E-state index contributed by atoms with van der Waals surface area (Å²) < 4.78 is 0. The summed E-state index contributed by atoms with van der Waals surface area (Å²) in [6, 6.07) is 14.5. The van der Waals surface area contributed by atoms with Crippen molar-refractivity contribution in [3.05, 3.63) is 65.5 Å². The summed E-state index contributed by atoms with van der Waals surface area (Å²) in [4.78, 5) is 4.01. The third kappa shape index (κ3) is 2.57. The molecule has 0 radical (unpaired) electrons. The zero-order valence-electron chi connectivity index (χ0n) is 10.7. The second-order valence-corrected chi connectivity index (χ2v) is 4.85. The van der Waals surface area contributed by atoms with E-state index in [2.05, 4.69) is 17.1 Å². The molecule has 2 heteroatoms. The van der Waals surface area contributed by atoms with Gasteiger partial charge in [-0.05, 0) is 43.5 Å². The van der Waals surface area contributed by atoms with E-state index < -0.39 is 5.41 Å². The fourth-order valence-corrected chi connectivity index (χ4v) is 2.10. The van der Waals surface area contributed by atoms with Gasteiger partial charge in [-0.3, -0.25) is 4.98 Å². The molecule has 1 heterocycles. The zero-order chi connectivity index (χ0) is 13.0. The fraction of sp³-hybridized carbons (Fsp3) is 0.250. The number of aromatic nitrogens is 1. The Balaban J connectivity index is 2.35. The predicted octanol–water partition coefficient (Wildman–Crippen LogP) is 3.41. The summed E-state index contributed by atoms with van der Waals surface area (Å²) in [5.41, 5.74) is 2.90. The van der Waals surface area contributed by atoms with Gasteiger partial charge in [0.15, 0.2) is 0 Å². The van der Waals surface area contributed by atoms with E-state index >= 15 is 0 Å². The quantitative estimate of drug-likeness (QED) is 0.818. The largest absolute Gasteiger partial charge is 0.265 e. The Labute approximate surface area is 108 Å². The van der Waals surface area contributed by atoms with Crippen molar-refractivity contribution in [1.29, 1.82) is 5.26 Å². The van der Waals surface area contributed by atoms with Gasteiger partial charge in [0.25, 0.3) is 0 Å². The van der Waals surface area contributed by atoms with E-state index in [-0.39, 0.29) is 0 Å². The first-order chi connectivity index (χ1) is 8.64. The molecule has 18 heavy (non-hydrogen) atoms. The van der Waals surface area contributed by atoms with E-state index in [1.807, 2.05) is 44.2 Å².